The second-order valence-corrected chi connectivity index (χ2v) is 5.92. The van der Waals surface area contributed by atoms with Crippen molar-refractivity contribution in [3.8, 4) is 0 Å². The predicted octanol–water partition coefficient (Wildman–Crippen LogP) is 0.515. The van der Waals surface area contributed by atoms with E-state index in [4.69, 9.17) is 0 Å². The van der Waals surface area contributed by atoms with Crippen molar-refractivity contribution in [2.75, 3.05) is 24.5 Å². The minimum absolute atomic E-state index is 0.0414. The average molecular weight is 328 g/mol. The van der Waals surface area contributed by atoms with Gasteiger partial charge >= 0.3 is 0 Å². The highest BCUT2D eigenvalue weighted by Gasteiger charge is 2.22. The van der Waals surface area contributed by atoms with Gasteiger partial charge < -0.3 is 15.2 Å². The molecule has 1 fully saturated rings. The third-order valence-electron chi connectivity index (χ3n) is 4.08. The molecule has 8 heteroatoms. The number of carbonyl (C=O) groups is 1. The van der Waals surface area contributed by atoms with Crippen molar-refractivity contribution in [1.82, 2.24) is 25.3 Å². The Kier molecular flexibility index (Phi) is 4.83. The van der Waals surface area contributed by atoms with E-state index in [9.17, 15) is 9.59 Å². The molecule has 0 aromatic carbocycles. The van der Waals surface area contributed by atoms with Gasteiger partial charge in [0.15, 0.2) is 0 Å². The lowest BCUT2D eigenvalue weighted by Crippen LogP contribution is -2.42. The van der Waals surface area contributed by atoms with Crippen LogP contribution in [0.2, 0.25) is 0 Å². The van der Waals surface area contributed by atoms with Crippen LogP contribution >= 0.6 is 0 Å². The van der Waals surface area contributed by atoms with Gasteiger partial charge in [0.2, 0.25) is 5.95 Å². The van der Waals surface area contributed by atoms with Crippen molar-refractivity contribution in [1.29, 1.82) is 0 Å². The predicted molar refractivity (Wildman–Crippen MR) is 88.9 cm³/mol. The minimum Gasteiger partial charge on any atom is -0.351 e. The number of aromatic nitrogens is 4. The van der Waals surface area contributed by atoms with E-state index in [0.29, 0.717) is 24.2 Å². The molecule has 1 atom stereocenters. The molecule has 0 spiro atoms. The van der Waals surface area contributed by atoms with Crippen molar-refractivity contribution < 1.29 is 4.79 Å². The molecule has 8 nitrogen and oxygen atoms in total. The van der Waals surface area contributed by atoms with Crippen LogP contribution in [-0.4, -0.2) is 45.5 Å². The average Bonchev–Trinajstić information content (AvgIpc) is 2.61. The van der Waals surface area contributed by atoms with Crippen molar-refractivity contribution >= 4 is 11.9 Å². The molecule has 1 aliphatic heterocycles. The van der Waals surface area contributed by atoms with Gasteiger partial charge in [0.25, 0.3) is 11.5 Å². The molecule has 2 aromatic heterocycles. The topological polar surface area (TPSA) is 104 Å². The number of piperidine rings is 1. The number of nitrogens with one attached hydrogen (secondary N) is 2. The molecule has 1 aliphatic rings. The number of aryl methyl sites for hydroxylation is 1. The zero-order chi connectivity index (χ0) is 16.9. The highest BCUT2D eigenvalue weighted by molar-refractivity contribution is 5.93. The molecule has 0 bridgehead atoms. The first-order valence-electron chi connectivity index (χ1n) is 7.99. The summed E-state index contributed by atoms with van der Waals surface area (Å²) in [6.07, 6.45) is 6.81. The van der Waals surface area contributed by atoms with Crippen LogP contribution in [0.3, 0.4) is 0 Å². The Hall–Kier alpha value is -2.77. The lowest BCUT2D eigenvalue weighted by molar-refractivity contribution is 0.0943. The summed E-state index contributed by atoms with van der Waals surface area (Å²) in [5.41, 5.74) is -0.373. The number of H-pyrrole nitrogens is 1. The van der Waals surface area contributed by atoms with Crippen molar-refractivity contribution in [3.05, 3.63) is 46.4 Å². The van der Waals surface area contributed by atoms with Crippen LogP contribution < -0.4 is 15.8 Å². The quantitative estimate of drug-likeness (QED) is 0.848. The monoisotopic (exact) mass is 328 g/mol. The molecule has 2 N–H and O–H groups in total. The van der Waals surface area contributed by atoms with Crippen LogP contribution in [0.5, 0.6) is 0 Å². The molecule has 1 amide bonds. The molecule has 0 saturated carbocycles. The fourth-order valence-corrected chi connectivity index (χ4v) is 2.85. The maximum atomic E-state index is 12.2. The first kappa shape index (κ1) is 16.1. The highest BCUT2D eigenvalue weighted by atomic mass is 16.2. The van der Waals surface area contributed by atoms with E-state index in [1.165, 1.54) is 6.20 Å². The van der Waals surface area contributed by atoms with E-state index >= 15 is 0 Å². The third kappa shape index (κ3) is 3.76. The van der Waals surface area contributed by atoms with Crippen LogP contribution in [0, 0.1) is 12.8 Å². The van der Waals surface area contributed by atoms with Gasteiger partial charge in [0.05, 0.1) is 0 Å². The lowest BCUT2D eigenvalue weighted by atomic mass is 9.98. The molecule has 3 rings (SSSR count). The number of anilines is 1. The van der Waals surface area contributed by atoms with Crippen LogP contribution in [0.15, 0.2) is 29.5 Å². The summed E-state index contributed by atoms with van der Waals surface area (Å²) >= 11 is 0. The van der Waals surface area contributed by atoms with Crippen LogP contribution in [0.1, 0.15) is 29.0 Å². The van der Waals surface area contributed by atoms with Gasteiger partial charge in [-0.15, -0.1) is 0 Å². The molecule has 1 saturated heterocycles. The maximum Gasteiger partial charge on any atom is 0.263 e. The molecule has 1 unspecified atom stereocenters. The molecule has 126 valence electrons. The molecular formula is C16H20N6O2. The van der Waals surface area contributed by atoms with E-state index in [2.05, 4.69) is 30.2 Å². The number of hydrogen-bond acceptors (Lipinski definition) is 6. The smallest absolute Gasteiger partial charge is 0.263 e. The molecule has 0 aliphatic carbocycles. The van der Waals surface area contributed by atoms with E-state index in [1.54, 1.807) is 25.4 Å². The van der Waals surface area contributed by atoms with Gasteiger partial charge in [-0.3, -0.25) is 9.59 Å². The Morgan fingerprint density at radius 1 is 1.38 bits per heavy atom. The van der Waals surface area contributed by atoms with Crippen LogP contribution in [0.25, 0.3) is 0 Å². The van der Waals surface area contributed by atoms with E-state index in [1.807, 2.05) is 0 Å². The molecule has 2 aromatic rings. The summed E-state index contributed by atoms with van der Waals surface area (Å²) in [6, 6.07) is 1.79. The molecular weight excluding hydrogens is 308 g/mol. The SMILES string of the molecule is Cc1ncc(C(=O)NCC2CCCN(c3ncccn3)C2)c(=O)[nH]1. The highest BCUT2D eigenvalue weighted by Crippen LogP contribution is 2.19. The first-order chi connectivity index (χ1) is 11.6. The Bertz CT molecular complexity index is 761. The van der Waals surface area contributed by atoms with Gasteiger partial charge in [-0.2, -0.15) is 0 Å². The number of hydrogen-bond donors (Lipinski definition) is 2. The standard InChI is InChI=1S/C16H20N6O2/c1-11-19-9-13(15(24)21-11)14(23)20-8-12-4-2-7-22(10-12)16-17-5-3-6-18-16/h3,5-6,9,12H,2,4,7-8,10H2,1H3,(H,20,23)(H,19,21,24). The zero-order valence-electron chi connectivity index (χ0n) is 13.5. The number of aromatic amines is 1. The Labute approximate surface area is 139 Å². The van der Waals surface area contributed by atoms with Crippen LogP contribution in [0.4, 0.5) is 5.95 Å². The van der Waals surface area contributed by atoms with E-state index in [-0.39, 0.29) is 5.56 Å². The van der Waals surface area contributed by atoms with Gasteiger partial charge in [0, 0.05) is 38.2 Å². The van der Waals surface area contributed by atoms with Crippen molar-refractivity contribution in [2.24, 2.45) is 5.92 Å². The molecule has 0 radical (unpaired) electrons. The summed E-state index contributed by atoms with van der Waals surface area (Å²) in [5.74, 6) is 1.11. The van der Waals surface area contributed by atoms with Gasteiger partial charge in [-0.25, -0.2) is 15.0 Å². The van der Waals surface area contributed by atoms with Gasteiger partial charge in [0.1, 0.15) is 11.4 Å². The number of carbonyl (C=O) groups excluding carboxylic acids is 1. The second-order valence-electron chi connectivity index (χ2n) is 5.92. The Balaban J connectivity index is 1.58. The first-order valence-corrected chi connectivity index (χ1v) is 7.99. The van der Waals surface area contributed by atoms with Crippen molar-refractivity contribution in [3.63, 3.8) is 0 Å². The normalized spacial score (nSPS) is 17.5. The van der Waals surface area contributed by atoms with Crippen molar-refractivity contribution in [2.45, 2.75) is 19.8 Å². The lowest BCUT2D eigenvalue weighted by Gasteiger charge is -2.32. The number of amides is 1. The Morgan fingerprint density at radius 3 is 2.92 bits per heavy atom. The molecule has 24 heavy (non-hydrogen) atoms. The Morgan fingerprint density at radius 2 is 2.17 bits per heavy atom. The van der Waals surface area contributed by atoms with Gasteiger partial charge in [-0.05, 0) is 31.7 Å². The van der Waals surface area contributed by atoms with E-state index < -0.39 is 11.5 Å². The minimum atomic E-state index is -0.414. The fraction of sp³-hybridized carbons (Fsp3) is 0.438. The third-order valence-corrected chi connectivity index (χ3v) is 4.08. The van der Waals surface area contributed by atoms with Crippen LogP contribution in [-0.2, 0) is 0 Å². The number of rotatable bonds is 4. The largest absolute Gasteiger partial charge is 0.351 e. The summed E-state index contributed by atoms with van der Waals surface area (Å²) in [6.45, 7) is 3.88. The van der Waals surface area contributed by atoms with E-state index in [0.717, 1.165) is 25.9 Å². The summed E-state index contributed by atoms with van der Waals surface area (Å²) in [5, 5.41) is 2.83. The maximum absolute atomic E-state index is 12.2. The molecule has 3 heterocycles. The summed E-state index contributed by atoms with van der Waals surface area (Å²) in [4.78, 5) is 41.1. The number of nitrogens with zero attached hydrogens (tertiary/aromatic N) is 4. The fourth-order valence-electron chi connectivity index (χ4n) is 2.85. The zero-order valence-corrected chi connectivity index (χ0v) is 13.5. The summed E-state index contributed by atoms with van der Waals surface area (Å²) in [7, 11) is 0. The second kappa shape index (κ2) is 7.20. The summed E-state index contributed by atoms with van der Waals surface area (Å²) < 4.78 is 0. The van der Waals surface area contributed by atoms with Gasteiger partial charge in [-0.1, -0.05) is 0 Å².